The van der Waals surface area contributed by atoms with Crippen LogP contribution in [0.3, 0.4) is 0 Å². The van der Waals surface area contributed by atoms with Gasteiger partial charge in [-0.25, -0.2) is 0 Å². The maximum absolute atomic E-state index is 11.3. The Morgan fingerprint density at radius 1 is 1.25 bits per heavy atom. The van der Waals surface area contributed by atoms with Crippen LogP contribution in [-0.2, 0) is 21.4 Å². The fraction of sp³-hybridized carbons (Fsp3) is 0.650. The molecule has 134 valence electrons. The summed E-state index contributed by atoms with van der Waals surface area (Å²) in [4.78, 5) is 13.8. The summed E-state index contributed by atoms with van der Waals surface area (Å²) in [5, 5.41) is 9.32. The highest BCUT2D eigenvalue weighted by Gasteiger charge is 2.29. The van der Waals surface area contributed by atoms with E-state index >= 15 is 0 Å². The van der Waals surface area contributed by atoms with Crippen molar-refractivity contribution in [3.63, 3.8) is 0 Å². The third-order valence-electron chi connectivity index (χ3n) is 4.86. The average molecular weight is 333 g/mol. The van der Waals surface area contributed by atoms with Gasteiger partial charge in [0.05, 0.1) is 17.6 Å². The van der Waals surface area contributed by atoms with Crippen molar-refractivity contribution in [3.05, 3.63) is 35.4 Å². The van der Waals surface area contributed by atoms with Gasteiger partial charge in [0.2, 0.25) is 0 Å². The van der Waals surface area contributed by atoms with Crippen molar-refractivity contribution >= 4 is 5.97 Å². The van der Waals surface area contributed by atoms with Crippen LogP contribution >= 0.6 is 0 Å². The molecule has 0 bridgehead atoms. The highest BCUT2D eigenvalue weighted by molar-refractivity contribution is 5.80. The molecule has 0 radical (unpaired) electrons. The number of carbonyl (C=O) groups is 1. The predicted octanol–water partition coefficient (Wildman–Crippen LogP) is 3.34. The minimum absolute atomic E-state index is 0.304. The second-order valence-corrected chi connectivity index (χ2v) is 7.91. The number of carboxylic acid groups (broad SMARTS) is 1. The van der Waals surface area contributed by atoms with Gasteiger partial charge in [0, 0.05) is 19.6 Å². The van der Waals surface area contributed by atoms with Crippen LogP contribution in [-0.4, -0.2) is 47.8 Å². The third-order valence-corrected chi connectivity index (χ3v) is 4.86. The van der Waals surface area contributed by atoms with Crippen LogP contribution in [0.25, 0.3) is 0 Å². The van der Waals surface area contributed by atoms with Gasteiger partial charge in [-0.15, -0.1) is 0 Å². The molecule has 1 aromatic carbocycles. The van der Waals surface area contributed by atoms with E-state index in [1.165, 1.54) is 5.56 Å². The summed E-state index contributed by atoms with van der Waals surface area (Å²) < 4.78 is 5.79. The van der Waals surface area contributed by atoms with Crippen molar-refractivity contribution in [2.75, 3.05) is 19.6 Å². The molecule has 24 heavy (non-hydrogen) atoms. The minimum atomic E-state index is -0.843. The summed E-state index contributed by atoms with van der Waals surface area (Å²) in [6, 6.07) is 8.05. The Bertz CT molecular complexity index is 543. The lowest BCUT2D eigenvalue weighted by Gasteiger charge is -2.36. The minimum Gasteiger partial charge on any atom is -0.481 e. The molecular weight excluding hydrogens is 302 g/mol. The van der Waals surface area contributed by atoms with Gasteiger partial charge in [-0.1, -0.05) is 31.2 Å². The van der Waals surface area contributed by atoms with Gasteiger partial charge >= 0.3 is 5.97 Å². The molecule has 1 saturated heterocycles. The second kappa shape index (κ2) is 7.66. The number of rotatable bonds is 6. The summed E-state index contributed by atoms with van der Waals surface area (Å²) in [5.74, 6) is -0.236. The molecular formula is C20H31NO3. The van der Waals surface area contributed by atoms with Crippen molar-refractivity contribution in [1.29, 1.82) is 0 Å². The molecule has 2 rings (SSSR count). The van der Waals surface area contributed by atoms with Crippen molar-refractivity contribution in [1.82, 2.24) is 4.90 Å². The first-order valence-electron chi connectivity index (χ1n) is 8.89. The Balaban J connectivity index is 1.92. The molecule has 1 aliphatic rings. The summed E-state index contributed by atoms with van der Waals surface area (Å²) in [7, 11) is 0. The van der Waals surface area contributed by atoms with E-state index in [0.29, 0.717) is 18.1 Å². The first-order chi connectivity index (χ1) is 11.2. The van der Waals surface area contributed by atoms with Gasteiger partial charge in [-0.2, -0.15) is 0 Å². The largest absolute Gasteiger partial charge is 0.481 e. The van der Waals surface area contributed by atoms with E-state index in [4.69, 9.17) is 4.74 Å². The van der Waals surface area contributed by atoms with Gasteiger partial charge < -0.3 is 9.84 Å². The number of nitrogens with zero attached hydrogens (tertiary/aromatic N) is 1. The van der Waals surface area contributed by atoms with Crippen LogP contribution in [0.4, 0.5) is 0 Å². The number of ether oxygens (including phenoxy) is 1. The SMILES string of the molecule is CC(Cc1ccc(C(C)(C)C(=O)O)cc1)CN1C[C@@H](C)O[C@@H](C)C1. The maximum Gasteiger partial charge on any atom is 0.313 e. The normalized spacial score (nSPS) is 23.9. The Morgan fingerprint density at radius 3 is 2.29 bits per heavy atom. The molecule has 1 unspecified atom stereocenters. The van der Waals surface area contributed by atoms with Crippen LogP contribution in [0.5, 0.6) is 0 Å². The molecule has 0 spiro atoms. The van der Waals surface area contributed by atoms with E-state index in [2.05, 4.69) is 37.8 Å². The molecule has 4 nitrogen and oxygen atoms in total. The lowest BCUT2D eigenvalue weighted by molar-refractivity contribution is -0.142. The van der Waals surface area contributed by atoms with Crippen LogP contribution < -0.4 is 0 Å². The van der Waals surface area contributed by atoms with Crippen LogP contribution in [0, 0.1) is 5.92 Å². The molecule has 1 fully saturated rings. The van der Waals surface area contributed by atoms with Crippen LogP contribution in [0.1, 0.15) is 45.7 Å². The lowest BCUT2D eigenvalue weighted by atomic mass is 9.84. The average Bonchev–Trinajstić information content (AvgIpc) is 2.46. The molecule has 0 saturated carbocycles. The zero-order valence-electron chi connectivity index (χ0n) is 15.6. The van der Waals surface area contributed by atoms with Crippen LogP contribution in [0.15, 0.2) is 24.3 Å². The highest BCUT2D eigenvalue weighted by atomic mass is 16.5. The van der Waals surface area contributed by atoms with Gasteiger partial charge in [0.15, 0.2) is 0 Å². The molecule has 1 aromatic rings. The molecule has 4 heteroatoms. The Morgan fingerprint density at radius 2 is 1.79 bits per heavy atom. The Labute approximate surface area is 145 Å². The molecule has 1 N–H and O–H groups in total. The predicted molar refractivity (Wildman–Crippen MR) is 96.4 cm³/mol. The zero-order valence-corrected chi connectivity index (χ0v) is 15.6. The van der Waals surface area contributed by atoms with E-state index < -0.39 is 11.4 Å². The topological polar surface area (TPSA) is 49.8 Å². The standard InChI is InChI=1S/C20H31NO3/c1-14(11-21-12-15(2)24-16(3)13-21)10-17-6-8-18(9-7-17)20(4,5)19(22)23/h6-9,14-16H,10-13H2,1-5H3,(H,22,23)/t14?,15-,16+. The fourth-order valence-electron chi connectivity index (χ4n) is 3.52. The quantitative estimate of drug-likeness (QED) is 0.867. The summed E-state index contributed by atoms with van der Waals surface area (Å²) in [6.45, 7) is 13.1. The zero-order chi connectivity index (χ0) is 17.9. The van der Waals surface area contributed by atoms with Crippen molar-refractivity contribution in [2.24, 2.45) is 5.92 Å². The van der Waals surface area contributed by atoms with E-state index in [0.717, 1.165) is 31.6 Å². The number of hydrogen-bond donors (Lipinski definition) is 1. The molecule has 1 aliphatic heterocycles. The molecule has 0 amide bonds. The summed E-state index contributed by atoms with van der Waals surface area (Å²) >= 11 is 0. The van der Waals surface area contributed by atoms with E-state index in [1.807, 2.05) is 12.1 Å². The van der Waals surface area contributed by atoms with Gasteiger partial charge in [0.1, 0.15) is 0 Å². The smallest absolute Gasteiger partial charge is 0.313 e. The number of carboxylic acids is 1. The summed E-state index contributed by atoms with van der Waals surface area (Å²) in [5.41, 5.74) is 1.27. The number of benzene rings is 1. The number of morpholine rings is 1. The van der Waals surface area contributed by atoms with Gasteiger partial charge in [-0.3, -0.25) is 9.69 Å². The van der Waals surface area contributed by atoms with E-state index in [-0.39, 0.29) is 0 Å². The van der Waals surface area contributed by atoms with E-state index in [9.17, 15) is 9.90 Å². The molecule has 0 aliphatic carbocycles. The molecule has 3 atom stereocenters. The fourth-order valence-corrected chi connectivity index (χ4v) is 3.52. The van der Waals surface area contributed by atoms with Crippen molar-refractivity contribution < 1.29 is 14.6 Å². The van der Waals surface area contributed by atoms with Crippen molar-refractivity contribution in [3.8, 4) is 0 Å². The second-order valence-electron chi connectivity index (χ2n) is 7.91. The number of aliphatic carboxylic acids is 1. The highest BCUT2D eigenvalue weighted by Crippen LogP contribution is 2.24. The van der Waals surface area contributed by atoms with Crippen molar-refractivity contribution in [2.45, 2.75) is 58.7 Å². The Hall–Kier alpha value is -1.39. The number of hydrogen-bond acceptors (Lipinski definition) is 3. The monoisotopic (exact) mass is 333 g/mol. The van der Waals surface area contributed by atoms with Gasteiger partial charge in [0.25, 0.3) is 0 Å². The molecule has 0 aromatic heterocycles. The van der Waals surface area contributed by atoms with E-state index in [1.54, 1.807) is 13.8 Å². The molecule has 1 heterocycles. The van der Waals surface area contributed by atoms with Gasteiger partial charge in [-0.05, 0) is 51.2 Å². The third kappa shape index (κ3) is 4.81. The lowest BCUT2D eigenvalue weighted by Crippen LogP contribution is -2.47. The first-order valence-corrected chi connectivity index (χ1v) is 8.89. The Kier molecular flexibility index (Phi) is 6.05. The maximum atomic E-state index is 11.3. The first kappa shape index (κ1) is 18.9. The van der Waals surface area contributed by atoms with Crippen LogP contribution in [0.2, 0.25) is 0 Å². The summed E-state index contributed by atoms with van der Waals surface area (Å²) in [6.07, 6.45) is 1.62.